The first-order valence-electron chi connectivity index (χ1n) is 5.33. The summed E-state index contributed by atoms with van der Waals surface area (Å²) in [7, 11) is 1.81. The molecule has 0 amide bonds. The van der Waals surface area contributed by atoms with Crippen LogP contribution in [-0.2, 0) is 6.42 Å². The van der Waals surface area contributed by atoms with Gasteiger partial charge in [-0.3, -0.25) is 0 Å². The Balaban J connectivity index is 2.54. The Labute approximate surface area is 92.1 Å². The highest BCUT2D eigenvalue weighted by Crippen LogP contribution is 2.14. The van der Waals surface area contributed by atoms with E-state index in [-0.39, 0.29) is 0 Å². The molecule has 0 aliphatic rings. The van der Waals surface area contributed by atoms with Crippen LogP contribution in [0.4, 0.5) is 0 Å². The minimum atomic E-state index is 0.584. The molecule has 2 heteroatoms. The van der Waals surface area contributed by atoms with Gasteiger partial charge in [0.1, 0.15) is 0 Å². The van der Waals surface area contributed by atoms with E-state index in [0.29, 0.717) is 5.92 Å². The van der Waals surface area contributed by atoms with Gasteiger partial charge in [-0.2, -0.15) is 5.26 Å². The van der Waals surface area contributed by atoms with Crippen LogP contribution in [0.25, 0.3) is 0 Å². The standard InChI is InChI=1S/C13H18N2/c1-11(2)13-6-4-12(5-7-13)8-9-15(3)10-14/h4-7,11H,8-9H2,1-3H3. The zero-order valence-electron chi connectivity index (χ0n) is 9.70. The highest BCUT2D eigenvalue weighted by molar-refractivity contribution is 5.24. The molecule has 0 aromatic heterocycles. The van der Waals surface area contributed by atoms with Crippen LogP contribution in [0.5, 0.6) is 0 Å². The van der Waals surface area contributed by atoms with Crippen LogP contribution in [0.3, 0.4) is 0 Å². The molecule has 1 rings (SSSR count). The average molecular weight is 202 g/mol. The van der Waals surface area contributed by atoms with Crippen molar-refractivity contribution in [3.05, 3.63) is 35.4 Å². The lowest BCUT2D eigenvalue weighted by Crippen LogP contribution is -2.14. The maximum atomic E-state index is 8.61. The summed E-state index contributed by atoms with van der Waals surface area (Å²) < 4.78 is 0. The zero-order chi connectivity index (χ0) is 11.3. The maximum Gasteiger partial charge on any atom is 0.179 e. The first-order valence-corrected chi connectivity index (χ1v) is 5.33. The first-order chi connectivity index (χ1) is 7.13. The summed E-state index contributed by atoms with van der Waals surface area (Å²) >= 11 is 0. The highest BCUT2D eigenvalue weighted by atomic mass is 15.1. The lowest BCUT2D eigenvalue weighted by molar-refractivity contribution is 0.478. The molecule has 2 nitrogen and oxygen atoms in total. The zero-order valence-corrected chi connectivity index (χ0v) is 9.70. The Morgan fingerprint density at radius 2 is 1.87 bits per heavy atom. The lowest BCUT2D eigenvalue weighted by atomic mass is 10.0. The molecule has 0 saturated carbocycles. The third kappa shape index (κ3) is 3.63. The molecular weight excluding hydrogens is 184 g/mol. The molecule has 1 aromatic carbocycles. The number of benzene rings is 1. The molecule has 0 aliphatic heterocycles. The van der Waals surface area contributed by atoms with E-state index in [2.05, 4.69) is 44.3 Å². The van der Waals surface area contributed by atoms with Crippen molar-refractivity contribution in [3.63, 3.8) is 0 Å². The van der Waals surface area contributed by atoms with Crippen LogP contribution in [0, 0.1) is 11.5 Å². The van der Waals surface area contributed by atoms with E-state index in [1.807, 2.05) is 7.05 Å². The summed E-state index contributed by atoms with van der Waals surface area (Å²) in [5, 5.41) is 8.61. The molecule has 80 valence electrons. The van der Waals surface area contributed by atoms with Gasteiger partial charge < -0.3 is 4.90 Å². The van der Waals surface area contributed by atoms with E-state index >= 15 is 0 Å². The summed E-state index contributed by atoms with van der Waals surface area (Å²) in [6, 6.07) is 8.65. The van der Waals surface area contributed by atoms with Crippen LogP contribution in [0.2, 0.25) is 0 Å². The van der Waals surface area contributed by atoms with Gasteiger partial charge in [-0.15, -0.1) is 0 Å². The van der Waals surface area contributed by atoms with Gasteiger partial charge in [0.2, 0.25) is 0 Å². The van der Waals surface area contributed by atoms with Gasteiger partial charge in [0, 0.05) is 13.6 Å². The summed E-state index contributed by atoms with van der Waals surface area (Å²) in [6.07, 6.45) is 3.03. The number of hydrogen-bond donors (Lipinski definition) is 0. The second-order valence-corrected chi connectivity index (χ2v) is 4.17. The predicted molar refractivity (Wildman–Crippen MR) is 62.5 cm³/mol. The normalized spacial score (nSPS) is 10.1. The monoisotopic (exact) mass is 202 g/mol. The largest absolute Gasteiger partial charge is 0.313 e. The topological polar surface area (TPSA) is 27.0 Å². The summed E-state index contributed by atoms with van der Waals surface area (Å²) in [5.74, 6) is 0.584. The Kier molecular flexibility index (Phi) is 4.17. The van der Waals surface area contributed by atoms with Crippen molar-refractivity contribution in [2.45, 2.75) is 26.2 Å². The Bertz CT molecular complexity index is 333. The predicted octanol–water partition coefficient (Wildman–Crippen LogP) is 2.77. The van der Waals surface area contributed by atoms with Gasteiger partial charge in [0.05, 0.1) is 0 Å². The fourth-order valence-corrected chi connectivity index (χ4v) is 1.42. The molecular formula is C13H18N2. The number of likely N-dealkylation sites (N-methyl/N-ethyl adjacent to an activating group) is 1. The van der Waals surface area contributed by atoms with Crippen molar-refractivity contribution >= 4 is 0 Å². The minimum absolute atomic E-state index is 0.584. The van der Waals surface area contributed by atoms with E-state index in [1.165, 1.54) is 11.1 Å². The van der Waals surface area contributed by atoms with Gasteiger partial charge in [-0.1, -0.05) is 38.1 Å². The molecule has 0 saturated heterocycles. The van der Waals surface area contributed by atoms with Gasteiger partial charge in [0.25, 0.3) is 0 Å². The minimum Gasteiger partial charge on any atom is -0.313 e. The van der Waals surface area contributed by atoms with Crippen molar-refractivity contribution in [1.29, 1.82) is 5.26 Å². The Morgan fingerprint density at radius 3 is 2.33 bits per heavy atom. The Hall–Kier alpha value is -1.49. The molecule has 0 aliphatic carbocycles. The van der Waals surface area contributed by atoms with Crippen molar-refractivity contribution < 1.29 is 0 Å². The summed E-state index contributed by atoms with van der Waals surface area (Å²) in [6.45, 7) is 5.18. The Morgan fingerprint density at radius 1 is 1.27 bits per heavy atom. The molecule has 0 fully saturated rings. The van der Waals surface area contributed by atoms with E-state index in [1.54, 1.807) is 4.90 Å². The van der Waals surface area contributed by atoms with Crippen LogP contribution in [-0.4, -0.2) is 18.5 Å². The highest BCUT2D eigenvalue weighted by Gasteiger charge is 2.00. The molecule has 0 unspecified atom stereocenters. The van der Waals surface area contributed by atoms with E-state index in [4.69, 9.17) is 5.26 Å². The maximum absolute atomic E-state index is 8.61. The smallest absolute Gasteiger partial charge is 0.179 e. The van der Waals surface area contributed by atoms with E-state index in [0.717, 1.165) is 13.0 Å². The van der Waals surface area contributed by atoms with E-state index < -0.39 is 0 Å². The third-order valence-electron chi connectivity index (χ3n) is 2.55. The number of hydrogen-bond acceptors (Lipinski definition) is 2. The van der Waals surface area contributed by atoms with Crippen LogP contribution < -0.4 is 0 Å². The van der Waals surface area contributed by atoms with Crippen molar-refractivity contribution in [3.8, 4) is 6.19 Å². The quantitative estimate of drug-likeness (QED) is 0.554. The molecule has 0 radical (unpaired) electrons. The molecule has 0 heterocycles. The molecule has 0 spiro atoms. The molecule has 0 N–H and O–H groups in total. The average Bonchev–Trinajstić information content (AvgIpc) is 2.26. The SMILES string of the molecule is CC(C)c1ccc(CCN(C)C#N)cc1. The lowest BCUT2D eigenvalue weighted by Gasteiger charge is -2.09. The fraction of sp³-hybridized carbons (Fsp3) is 0.462. The number of rotatable bonds is 4. The number of nitrogens with zero attached hydrogens (tertiary/aromatic N) is 2. The van der Waals surface area contributed by atoms with E-state index in [9.17, 15) is 0 Å². The first kappa shape index (κ1) is 11.6. The number of nitriles is 1. The van der Waals surface area contributed by atoms with Gasteiger partial charge in [-0.05, 0) is 23.5 Å². The van der Waals surface area contributed by atoms with Crippen molar-refractivity contribution in [2.75, 3.05) is 13.6 Å². The van der Waals surface area contributed by atoms with Crippen molar-refractivity contribution in [1.82, 2.24) is 4.90 Å². The summed E-state index contributed by atoms with van der Waals surface area (Å²) in [5.41, 5.74) is 2.66. The molecule has 1 aromatic rings. The molecule has 0 bridgehead atoms. The van der Waals surface area contributed by atoms with Gasteiger partial charge in [-0.25, -0.2) is 0 Å². The van der Waals surface area contributed by atoms with Gasteiger partial charge in [0.15, 0.2) is 6.19 Å². The van der Waals surface area contributed by atoms with Crippen LogP contribution in [0.15, 0.2) is 24.3 Å². The van der Waals surface area contributed by atoms with Crippen molar-refractivity contribution in [2.24, 2.45) is 0 Å². The van der Waals surface area contributed by atoms with Crippen LogP contribution in [0.1, 0.15) is 30.9 Å². The van der Waals surface area contributed by atoms with Crippen LogP contribution >= 0.6 is 0 Å². The summed E-state index contributed by atoms with van der Waals surface area (Å²) in [4.78, 5) is 1.65. The van der Waals surface area contributed by atoms with Gasteiger partial charge >= 0.3 is 0 Å². The second kappa shape index (κ2) is 5.41. The molecule has 15 heavy (non-hydrogen) atoms. The third-order valence-corrected chi connectivity index (χ3v) is 2.55. The molecule has 0 atom stereocenters. The second-order valence-electron chi connectivity index (χ2n) is 4.17. The fourth-order valence-electron chi connectivity index (χ4n) is 1.42.